The van der Waals surface area contributed by atoms with Crippen molar-refractivity contribution in [2.24, 2.45) is 0 Å². The van der Waals surface area contributed by atoms with Gasteiger partial charge in [-0.1, -0.05) is 11.2 Å². The maximum atomic E-state index is 13.8. The number of aromatic nitrogens is 1. The zero-order valence-corrected chi connectivity index (χ0v) is 14.3. The second-order valence-corrected chi connectivity index (χ2v) is 6.45. The van der Waals surface area contributed by atoms with Gasteiger partial charge in [0, 0.05) is 24.7 Å². The fourth-order valence-electron chi connectivity index (χ4n) is 3.29. The Hall–Kier alpha value is -2.28. The molecule has 1 N–H and O–H groups in total. The van der Waals surface area contributed by atoms with Crippen LogP contribution in [0.5, 0.6) is 0 Å². The standard InChI is InChI=1S/C18H21F2N3O2/c1-11-17(12(2)25-22-11)18(24)21-13-5-4-8-23(9-13)10-14-15(19)6-3-7-16(14)20/h3,6-7,13H,4-5,8-10H2,1-2H3,(H,21,24)/t13-/m0/s1. The lowest BCUT2D eigenvalue weighted by molar-refractivity contribution is 0.0897. The summed E-state index contributed by atoms with van der Waals surface area (Å²) in [5.41, 5.74) is 1.08. The second kappa shape index (κ2) is 7.31. The predicted molar refractivity (Wildman–Crippen MR) is 88.1 cm³/mol. The molecule has 0 unspecified atom stereocenters. The van der Waals surface area contributed by atoms with Crippen LogP contribution >= 0.6 is 0 Å². The monoisotopic (exact) mass is 349 g/mol. The molecular formula is C18H21F2N3O2. The summed E-state index contributed by atoms with van der Waals surface area (Å²) in [5.74, 6) is -0.819. The molecule has 1 aliphatic rings. The summed E-state index contributed by atoms with van der Waals surface area (Å²) in [6, 6.07) is 3.81. The SMILES string of the molecule is Cc1noc(C)c1C(=O)N[C@H]1CCCN(Cc2c(F)cccc2F)C1. The van der Waals surface area contributed by atoms with Crippen molar-refractivity contribution in [3.05, 3.63) is 52.4 Å². The van der Waals surface area contributed by atoms with Crippen molar-refractivity contribution < 1.29 is 18.1 Å². The van der Waals surface area contributed by atoms with Crippen LogP contribution in [0.3, 0.4) is 0 Å². The molecule has 1 fully saturated rings. The van der Waals surface area contributed by atoms with Crippen LogP contribution in [0.25, 0.3) is 0 Å². The number of carbonyl (C=O) groups is 1. The van der Waals surface area contributed by atoms with E-state index in [0.29, 0.717) is 23.6 Å². The molecule has 1 aromatic carbocycles. The normalized spacial score (nSPS) is 18.3. The van der Waals surface area contributed by atoms with Crippen LogP contribution in [0.4, 0.5) is 8.78 Å². The Morgan fingerprint density at radius 3 is 2.72 bits per heavy atom. The number of nitrogens with one attached hydrogen (secondary N) is 1. The van der Waals surface area contributed by atoms with Gasteiger partial charge < -0.3 is 9.84 Å². The number of piperidine rings is 1. The van der Waals surface area contributed by atoms with E-state index < -0.39 is 11.6 Å². The van der Waals surface area contributed by atoms with Crippen molar-refractivity contribution in [3.63, 3.8) is 0 Å². The maximum Gasteiger partial charge on any atom is 0.257 e. The Morgan fingerprint density at radius 2 is 2.08 bits per heavy atom. The Labute approximate surface area is 145 Å². The van der Waals surface area contributed by atoms with Gasteiger partial charge in [-0.2, -0.15) is 0 Å². The average Bonchev–Trinajstić information content (AvgIpc) is 2.90. The van der Waals surface area contributed by atoms with Crippen LogP contribution in [-0.2, 0) is 6.54 Å². The molecule has 1 aromatic heterocycles. The maximum absolute atomic E-state index is 13.8. The molecule has 0 radical (unpaired) electrons. The van der Waals surface area contributed by atoms with Gasteiger partial charge in [-0.05, 0) is 45.4 Å². The number of halogens is 2. The molecule has 1 saturated heterocycles. The van der Waals surface area contributed by atoms with E-state index in [1.165, 1.54) is 18.2 Å². The first kappa shape index (κ1) is 17.5. The molecule has 1 aliphatic heterocycles. The largest absolute Gasteiger partial charge is 0.361 e. The molecule has 2 heterocycles. The van der Waals surface area contributed by atoms with Gasteiger partial charge in [-0.3, -0.25) is 9.69 Å². The molecule has 0 aliphatic carbocycles. The number of amides is 1. The summed E-state index contributed by atoms with van der Waals surface area (Å²) in [5, 5.41) is 6.77. The quantitative estimate of drug-likeness (QED) is 0.922. The Balaban J connectivity index is 1.64. The number of likely N-dealkylation sites (tertiary alicyclic amines) is 1. The number of hydrogen-bond acceptors (Lipinski definition) is 4. The average molecular weight is 349 g/mol. The summed E-state index contributed by atoms with van der Waals surface area (Å²) in [6.45, 7) is 4.90. The van der Waals surface area contributed by atoms with E-state index in [1.807, 2.05) is 4.90 Å². The summed E-state index contributed by atoms with van der Waals surface area (Å²) in [4.78, 5) is 14.4. The topological polar surface area (TPSA) is 58.4 Å². The molecule has 0 bridgehead atoms. The van der Waals surface area contributed by atoms with Gasteiger partial charge in [0.25, 0.3) is 5.91 Å². The smallest absolute Gasteiger partial charge is 0.257 e. The molecule has 25 heavy (non-hydrogen) atoms. The molecule has 3 rings (SSSR count). The van der Waals surface area contributed by atoms with Gasteiger partial charge in [-0.15, -0.1) is 0 Å². The van der Waals surface area contributed by atoms with Gasteiger partial charge in [0.05, 0.1) is 5.69 Å². The minimum Gasteiger partial charge on any atom is -0.361 e. The van der Waals surface area contributed by atoms with Crippen LogP contribution in [-0.4, -0.2) is 35.1 Å². The van der Waals surface area contributed by atoms with E-state index in [0.717, 1.165) is 19.4 Å². The molecule has 5 nitrogen and oxygen atoms in total. The van der Waals surface area contributed by atoms with Gasteiger partial charge >= 0.3 is 0 Å². The Kier molecular flexibility index (Phi) is 5.13. The lowest BCUT2D eigenvalue weighted by atomic mass is 10.0. The van der Waals surface area contributed by atoms with Crippen molar-refractivity contribution >= 4 is 5.91 Å². The highest BCUT2D eigenvalue weighted by molar-refractivity contribution is 5.96. The zero-order valence-electron chi connectivity index (χ0n) is 14.3. The van der Waals surface area contributed by atoms with Crippen molar-refractivity contribution in [1.82, 2.24) is 15.4 Å². The van der Waals surface area contributed by atoms with Gasteiger partial charge in [-0.25, -0.2) is 8.78 Å². The third-order valence-electron chi connectivity index (χ3n) is 4.54. The Bertz CT molecular complexity index is 736. The number of hydrogen-bond donors (Lipinski definition) is 1. The van der Waals surface area contributed by atoms with E-state index in [9.17, 15) is 13.6 Å². The van der Waals surface area contributed by atoms with Crippen LogP contribution in [0, 0.1) is 25.5 Å². The van der Waals surface area contributed by atoms with E-state index in [2.05, 4.69) is 10.5 Å². The van der Waals surface area contributed by atoms with E-state index >= 15 is 0 Å². The van der Waals surface area contributed by atoms with E-state index in [1.54, 1.807) is 13.8 Å². The fourth-order valence-corrected chi connectivity index (χ4v) is 3.29. The van der Waals surface area contributed by atoms with Crippen LogP contribution in [0.15, 0.2) is 22.7 Å². The Morgan fingerprint density at radius 1 is 1.36 bits per heavy atom. The highest BCUT2D eigenvalue weighted by Crippen LogP contribution is 2.19. The predicted octanol–water partition coefficient (Wildman–Crippen LogP) is 2.96. The van der Waals surface area contributed by atoms with Crippen LogP contribution < -0.4 is 5.32 Å². The molecule has 2 aromatic rings. The highest BCUT2D eigenvalue weighted by atomic mass is 19.1. The zero-order chi connectivity index (χ0) is 18.0. The molecule has 134 valence electrons. The summed E-state index contributed by atoms with van der Waals surface area (Å²) in [6.07, 6.45) is 1.67. The summed E-state index contributed by atoms with van der Waals surface area (Å²) < 4.78 is 32.7. The van der Waals surface area contributed by atoms with Crippen molar-refractivity contribution in [1.29, 1.82) is 0 Å². The second-order valence-electron chi connectivity index (χ2n) is 6.45. The lowest BCUT2D eigenvalue weighted by Crippen LogP contribution is -2.47. The van der Waals surface area contributed by atoms with Gasteiger partial charge in [0.15, 0.2) is 0 Å². The molecular weight excluding hydrogens is 328 g/mol. The van der Waals surface area contributed by atoms with Crippen LogP contribution in [0.1, 0.15) is 40.2 Å². The van der Waals surface area contributed by atoms with E-state index in [-0.39, 0.29) is 24.1 Å². The molecule has 0 spiro atoms. The number of carbonyl (C=O) groups excluding carboxylic acids is 1. The number of rotatable bonds is 4. The first-order valence-corrected chi connectivity index (χ1v) is 8.34. The van der Waals surface area contributed by atoms with Crippen LogP contribution in [0.2, 0.25) is 0 Å². The van der Waals surface area contributed by atoms with Crippen molar-refractivity contribution in [2.75, 3.05) is 13.1 Å². The molecule has 0 saturated carbocycles. The molecule has 1 amide bonds. The summed E-state index contributed by atoms with van der Waals surface area (Å²) >= 11 is 0. The number of benzene rings is 1. The third kappa shape index (κ3) is 3.87. The van der Waals surface area contributed by atoms with E-state index in [4.69, 9.17) is 4.52 Å². The number of aryl methyl sites for hydroxylation is 2. The lowest BCUT2D eigenvalue weighted by Gasteiger charge is -2.33. The summed E-state index contributed by atoms with van der Waals surface area (Å²) in [7, 11) is 0. The van der Waals surface area contributed by atoms with Crippen molar-refractivity contribution in [3.8, 4) is 0 Å². The molecule has 7 heteroatoms. The highest BCUT2D eigenvalue weighted by Gasteiger charge is 2.25. The van der Waals surface area contributed by atoms with Crippen molar-refractivity contribution in [2.45, 2.75) is 39.3 Å². The minimum absolute atomic E-state index is 0.0696. The van der Waals surface area contributed by atoms with Gasteiger partial charge in [0.1, 0.15) is 23.0 Å². The minimum atomic E-state index is -0.540. The first-order chi connectivity index (χ1) is 12.0. The first-order valence-electron chi connectivity index (χ1n) is 8.34. The molecule has 1 atom stereocenters. The third-order valence-corrected chi connectivity index (χ3v) is 4.54. The van der Waals surface area contributed by atoms with Gasteiger partial charge in [0.2, 0.25) is 0 Å². The fraction of sp³-hybridized carbons (Fsp3) is 0.444. The number of nitrogens with zero attached hydrogens (tertiary/aromatic N) is 2.